The van der Waals surface area contributed by atoms with Crippen molar-refractivity contribution >= 4 is 12.0 Å². The van der Waals surface area contributed by atoms with Crippen molar-refractivity contribution in [3.05, 3.63) is 35.4 Å². The Bertz CT molecular complexity index is 415. The van der Waals surface area contributed by atoms with E-state index < -0.39 is 18.0 Å². The zero-order chi connectivity index (χ0) is 13.5. The number of ether oxygens (including phenoxy) is 1. The van der Waals surface area contributed by atoms with Crippen LogP contribution in [0.15, 0.2) is 24.3 Å². The summed E-state index contributed by atoms with van der Waals surface area (Å²) in [6, 6.07) is 6.79. The van der Waals surface area contributed by atoms with Crippen molar-refractivity contribution < 1.29 is 14.3 Å². The second-order valence-corrected chi connectivity index (χ2v) is 4.06. The summed E-state index contributed by atoms with van der Waals surface area (Å²) in [6.07, 6.45) is 0. The van der Waals surface area contributed by atoms with E-state index in [0.29, 0.717) is 6.54 Å². The fraction of sp³-hybridized carbons (Fsp3) is 0.385. The van der Waals surface area contributed by atoms with Gasteiger partial charge in [-0.3, -0.25) is 0 Å². The van der Waals surface area contributed by atoms with Crippen LogP contribution < -0.4 is 10.6 Å². The summed E-state index contributed by atoms with van der Waals surface area (Å²) in [5, 5.41) is 5.16. The van der Waals surface area contributed by atoms with Gasteiger partial charge in [-0.2, -0.15) is 0 Å². The third-order valence-electron chi connectivity index (χ3n) is 2.48. The number of nitrogens with one attached hydrogen (secondary N) is 2. The van der Waals surface area contributed by atoms with Gasteiger partial charge in [-0.05, 0) is 19.4 Å². The van der Waals surface area contributed by atoms with E-state index in [1.807, 2.05) is 31.2 Å². The molecular formula is C13H18N2O3. The van der Waals surface area contributed by atoms with Gasteiger partial charge in [0.1, 0.15) is 6.04 Å². The average Bonchev–Trinajstić information content (AvgIpc) is 2.37. The van der Waals surface area contributed by atoms with Gasteiger partial charge in [0.25, 0.3) is 0 Å². The number of amides is 2. The predicted molar refractivity (Wildman–Crippen MR) is 68.0 cm³/mol. The van der Waals surface area contributed by atoms with Crippen LogP contribution in [0.1, 0.15) is 18.1 Å². The van der Waals surface area contributed by atoms with Crippen LogP contribution in [0.5, 0.6) is 0 Å². The fourth-order valence-electron chi connectivity index (χ4n) is 1.37. The third-order valence-corrected chi connectivity index (χ3v) is 2.48. The molecule has 1 aromatic rings. The second-order valence-electron chi connectivity index (χ2n) is 4.06. The molecule has 0 aliphatic carbocycles. The number of carbonyl (C=O) groups excluding carboxylic acids is 2. The minimum Gasteiger partial charge on any atom is -0.467 e. The van der Waals surface area contributed by atoms with Crippen molar-refractivity contribution in [2.75, 3.05) is 7.11 Å². The lowest BCUT2D eigenvalue weighted by molar-refractivity contribution is -0.142. The molecule has 5 nitrogen and oxygen atoms in total. The van der Waals surface area contributed by atoms with Crippen LogP contribution in [0.2, 0.25) is 0 Å². The maximum Gasteiger partial charge on any atom is 0.328 e. The lowest BCUT2D eigenvalue weighted by atomic mass is 10.1. The molecule has 2 amide bonds. The Kier molecular flexibility index (Phi) is 5.17. The zero-order valence-electron chi connectivity index (χ0n) is 10.8. The van der Waals surface area contributed by atoms with E-state index in [-0.39, 0.29) is 0 Å². The van der Waals surface area contributed by atoms with Gasteiger partial charge in [0.15, 0.2) is 0 Å². The topological polar surface area (TPSA) is 67.4 Å². The quantitative estimate of drug-likeness (QED) is 0.793. The van der Waals surface area contributed by atoms with Gasteiger partial charge in [0.05, 0.1) is 7.11 Å². The first-order chi connectivity index (χ1) is 8.52. The zero-order valence-corrected chi connectivity index (χ0v) is 10.8. The first kappa shape index (κ1) is 14.0. The Morgan fingerprint density at radius 2 is 1.89 bits per heavy atom. The number of methoxy groups -OCH3 is 1. The van der Waals surface area contributed by atoms with Crippen molar-refractivity contribution in [2.24, 2.45) is 0 Å². The molecule has 0 fully saturated rings. The smallest absolute Gasteiger partial charge is 0.328 e. The summed E-state index contributed by atoms with van der Waals surface area (Å²) < 4.78 is 4.51. The Morgan fingerprint density at radius 3 is 2.44 bits per heavy atom. The number of carbonyl (C=O) groups is 2. The summed E-state index contributed by atoms with van der Waals surface area (Å²) in [5.41, 5.74) is 2.17. The Hall–Kier alpha value is -2.04. The van der Waals surface area contributed by atoms with Crippen LogP contribution in [0, 0.1) is 6.92 Å². The lowest BCUT2D eigenvalue weighted by Crippen LogP contribution is -2.44. The molecule has 0 unspecified atom stereocenters. The molecule has 0 heterocycles. The molecule has 0 aliphatic heterocycles. The summed E-state index contributed by atoms with van der Waals surface area (Å²) >= 11 is 0. The number of esters is 1. The van der Waals surface area contributed by atoms with Crippen molar-refractivity contribution in [1.82, 2.24) is 10.6 Å². The van der Waals surface area contributed by atoms with Gasteiger partial charge in [0, 0.05) is 6.54 Å². The second kappa shape index (κ2) is 6.64. The molecule has 98 valence electrons. The minimum absolute atomic E-state index is 0.395. The molecule has 1 rings (SSSR count). The van der Waals surface area contributed by atoms with Gasteiger partial charge < -0.3 is 15.4 Å². The van der Waals surface area contributed by atoms with E-state index in [2.05, 4.69) is 15.4 Å². The fourth-order valence-corrected chi connectivity index (χ4v) is 1.37. The molecule has 0 spiro atoms. The van der Waals surface area contributed by atoms with Crippen molar-refractivity contribution in [1.29, 1.82) is 0 Å². The summed E-state index contributed by atoms with van der Waals surface area (Å²) in [4.78, 5) is 22.6. The minimum atomic E-state index is -0.659. The summed E-state index contributed by atoms with van der Waals surface area (Å²) in [5.74, 6) is -0.472. The van der Waals surface area contributed by atoms with Crippen LogP contribution in [0.3, 0.4) is 0 Å². The first-order valence-electron chi connectivity index (χ1n) is 5.70. The van der Waals surface area contributed by atoms with E-state index in [0.717, 1.165) is 5.56 Å². The Morgan fingerprint density at radius 1 is 1.28 bits per heavy atom. The van der Waals surface area contributed by atoms with Crippen molar-refractivity contribution in [3.63, 3.8) is 0 Å². The molecule has 1 atom stereocenters. The third kappa shape index (κ3) is 4.45. The number of rotatable bonds is 4. The van der Waals surface area contributed by atoms with Crippen LogP contribution in [0.4, 0.5) is 4.79 Å². The number of urea groups is 1. The van der Waals surface area contributed by atoms with E-state index >= 15 is 0 Å². The highest BCUT2D eigenvalue weighted by Crippen LogP contribution is 2.02. The van der Waals surface area contributed by atoms with Crippen molar-refractivity contribution in [3.8, 4) is 0 Å². The van der Waals surface area contributed by atoms with Crippen molar-refractivity contribution in [2.45, 2.75) is 26.4 Å². The SMILES string of the molecule is COC(=O)[C@@H](C)NC(=O)NCc1ccc(C)cc1. The first-order valence-corrected chi connectivity index (χ1v) is 5.70. The molecule has 0 bridgehead atoms. The number of hydrogen-bond donors (Lipinski definition) is 2. The molecule has 0 radical (unpaired) electrons. The average molecular weight is 250 g/mol. The molecular weight excluding hydrogens is 232 g/mol. The van der Waals surface area contributed by atoms with Crippen LogP contribution in [0.25, 0.3) is 0 Å². The maximum atomic E-state index is 11.5. The van der Waals surface area contributed by atoms with Gasteiger partial charge in [-0.15, -0.1) is 0 Å². The normalized spacial score (nSPS) is 11.5. The van der Waals surface area contributed by atoms with E-state index in [1.54, 1.807) is 6.92 Å². The van der Waals surface area contributed by atoms with E-state index in [4.69, 9.17) is 0 Å². The monoisotopic (exact) mass is 250 g/mol. The highest BCUT2D eigenvalue weighted by Gasteiger charge is 2.15. The largest absolute Gasteiger partial charge is 0.467 e. The molecule has 0 aliphatic rings. The number of hydrogen-bond acceptors (Lipinski definition) is 3. The molecule has 1 aromatic carbocycles. The molecule has 0 saturated heterocycles. The summed E-state index contributed by atoms with van der Waals surface area (Å²) in [6.45, 7) is 3.99. The lowest BCUT2D eigenvalue weighted by Gasteiger charge is -2.12. The highest BCUT2D eigenvalue weighted by atomic mass is 16.5. The number of benzene rings is 1. The highest BCUT2D eigenvalue weighted by molar-refractivity contribution is 5.83. The van der Waals surface area contributed by atoms with Crippen LogP contribution >= 0.6 is 0 Å². The summed E-state index contributed by atoms with van der Waals surface area (Å²) in [7, 11) is 1.28. The molecule has 2 N–H and O–H groups in total. The van der Waals surface area contributed by atoms with Crippen LogP contribution in [-0.4, -0.2) is 25.2 Å². The predicted octanol–water partition coefficient (Wildman–Crippen LogP) is 1.36. The molecule has 0 saturated carbocycles. The Balaban J connectivity index is 2.37. The van der Waals surface area contributed by atoms with Gasteiger partial charge in [-0.1, -0.05) is 29.8 Å². The van der Waals surface area contributed by atoms with E-state index in [1.165, 1.54) is 12.7 Å². The Labute approximate surface area is 107 Å². The van der Waals surface area contributed by atoms with Gasteiger partial charge in [0.2, 0.25) is 0 Å². The molecule has 0 aromatic heterocycles. The van der Waals surface area contributed by atoms with E-state index in [9.17, 15) is 9.59 Å². The van der Waals surface area contributed by atoms with Gasteiger partial charge in [-0.25, -0.2) is 9.59 Å². The number of aryl methyl sites for hydroxylation is 1. The molecule has 18 heavy (non-hydrogen) atoms. The standard InChI is InChI=1S/C13H18N2O3/c1-9-4-6-11(7-5-9)8-14-13(17)15-10(2)12(16)18-3/h4-7,10H,8H2,1-3H3,(H2,14,15,17)/t10-/m1/s1. The van der Waals surface area contributed by atoms with Gasteiger partial charge >= 0.3 is 12.0 Å². The molecule has 5 heteroatoms. The maximum absolute atomic E-state index is 11.5. The van der Waals surface area contributed by atoms with Crippen LogP contribution in [-0.2, 0) is 16.1 Å².